The summed E-state index contributed by atoms with van der Waals surface area (Å²) in [5.74, 6) is 0.915. The third kappa shape index (κ3) is 4.22. The van der Waals surface area contributed by atoms with Gasteiger partial charge in [0.2, 0.25) is 0 Å². The number of piperidine rings is 1. The number of rotatable bonds is 4. The zero-order valence-corrected chi connectivity index (χ0v) is 13.4. The van der Waals surface area contributed by atoms with Gasteiger partial charge in [-0.1, -0.05) is 12.1 Å². The molecule has 0 spiro atoms. The highest BCUT2D eigenvalue weighted by molar-refractivity contribution is 5.27. The summed E-state index contributed by atoms with van der Waals surface area (Å²) in [4.78, 5) is 0. The minimum atomic E-state index is 0.194. The van der Waals surface area contributed by atoms with Crippen LogP contribution >= 0.6 is 0 Å². The Hall–Kier alpha value is -1.06. The highest BCUT2D eigenvalue weighted by atomic mass is 16.5. The molecular weight excluding hydrogens is 248 g/mol. The first kappa shape index (κ1) is 15.3. The maximum atomic E-state index is 5.19. The lowest BCUT2D eigenvalue weighted by Crippen LogP contribution is -2.61. The van der Waals surface area contributed by atoms with Gasteiger partial charge in [-0.25, -0.2) is 0 Å². The van der Waals surface area contributed by atoms with Crippen LogP contribution in [0.1, 0.15) is 46.1 Å². The van der Waals surface area contributed by atoms with E-state index in [1.165, 1.54) is 5.56 Å². The van der Waals surface area contributed by atoms with Crippen LogP contribution in [0.4, 0.5) is 0 Å². The van der Waals surface area contributed by atoms with Crippen LogP contribution in [0.15, 0.2) is 24.3 Å². The number of hydrogen-bond acceptors (Lipinski definition) is 3. The Balaban J connectivity index is 1.92. The molecule has 0 radical (unpaired) electrons. The van der Waals surface area contributed by atoms with Gasteiger partial charge in [-0.3, -0.25) is 0 Å². The van der Waals surface area contributed by atoms with Crippen LogP contribution in [0, 0.1) is 0 Å². The minimum Gasteiger partial charge on any atom is -0.497 e. The van der Waals surface area contributed by atoms with Gasteiger partial charge in [0.05, 0.1) is 7.11 Å². The zero-order valence-electron chi connectivity index (χ0n) is 13.4. The van der Waals surface area contributed by atoms with E-state index in [-0.39, 0.29) is 11.1 Å². The summed E-state index contributed by atoms with van der Waals surface area (Å²) in [5, 5.41) is 7.42. The van der Waals surface area contributed by atoms with Crippen LogP contribution in [0.2, 0.25) is 0 Å². The summed E-state index contributed by atoms with van der Waals surface area (Å²) in [6, 6.07) is 8.86. The lowest BCUT2D eigenvalue weighted by Gasteiger charge is -2.46. The van der Waals surface area contributed by atoms with Crippen molar-refractivity contribution in [1.29, 1.82) is 0 Å². The molecule has 2 N–H and O–H groups in total. The predicted octanol–water partition coefficient (Wildman–Crippen LogP) is 3.09. The molecule has 1 aromatic carbocycles. The molecule has 3 heteroatoms. The van der Waals surface area contributed by atoms with Crippen LogP contribution in [0.25, 0.3) is 0 Å². The van der Waals surface area contributed by atoms with Gasteiger partial charge in [-0.05, 0) is 58.2 Å². The SMILES string of the molecule is COc1ccc(CNC2CC(C)(C)NC(C)(C)C2)cc1. The van der Waals surface area contributed by atoms with E-state index < -0.39 is 0 Å². The molecule has 0 bridgehead atoms. The Bertz CT molecular complexity index is 421. The van der Waals surface area contributed by atoms with Gasteiger partial charge in [-0.15, -0.1) is 0 Å². The summed E-state index contributed by atoms with van der Waals surface area (Å²) in [6.45, 7) is 10.1. The number of nitrogens with one attached hydrogen (secondary N) is 2. The first-order chi connectivity index (χ1) is 9.30. The standard InChI is InChI=1S/C17H28N2O/c1-16(2)10-14(11-17(3,4)19-16)18-12-13-6-8-15(20-5)9-7-13/h6-9,14,18-19H,10-12H2,1-5H3. The molecule has 0 atom stereocenters. The maximum absolute atomic E-state index is 5.19. The fraction of sp³-hybridized carbons (Fsp3) is 0.647. The van der Waals surface area contributed by atoms with Crippen molar-refractivity contribution in [2.75, 3.05) is 7.11 Å². The predicted molar refractivity (Wildman–Crippen MR) is 84.1 cm³/mol. The minimum absolute atomic E-state index is 0.194. The molecule has 3 nitrogen and oxygen atoms in total. The van der Waals surface area contributed by atoms with Crippen molar-refractivity contribution in [1.82, 2.24) is 10.6 Å². The van der Waals surface area contributed by atoms with Crippen LogP contribution in [0.5, 0.6) is 5.75 Å². The van der Waals surface area contributed by atoms with Gasteiger partial charge in [0, 0.05) is 23.7 Å². The van der Waals surface area contributed by atoms with Crippen LogP contribution in [-0.4, -0.2) is 24.2 Å². The van der Waals surface area contributed by atoms with E-state index in [2.05, 4.69) is 50.5 Å². The van der Waals surface area contributed by atoms with E-state index in [1.807, 2.05) is 12.1 Å². The molecule has 0 saturated carbocycles. The molecule has 1 saturated heterocycles. The lowest BCUT2D eigenvalue weighted by atomic mass is 9.79. The topological polar surface area (TPSA) is 33.3 Å². The van der Waals surface area contributed by atoms with Gasteiger partial charge < -0.3 is 15.4 Å². The van der Waals surface area contributed by atoms with Crippen molar-refractivity contribution in [2.45, 2.75) is 64.2 Å². The van der Waals surface area contributed by atoms with Crippen molar-refractivity contribution in [3.8, 4) is 5.75 Å². The lowest BCUT2D eigenvalue weighted by molar-refractivity contribution is 0.145. The van der Waals surface area contributed by atoms with E-state index in [4.69, 9.17) is 4.74 Å². The Labute approximate surface area is 123 Å². The maximum Gasteiger partial charge on any atom is 0.118 e. The molecule has 0 unspecified atom stereocenters. The van der Waals surface area contributed by atoms with Gasteiger partial charge in [0.15, 0.2) is 0 Å². The van der Waals surface area contributed by atoms with Crippen molar-refractivity contribution >= 4 is 0 Å². The molecule has 1 heterocycles. The fourth-order valence-corrected chi connectivity index (χ4v) is 3.47. The smallest absolute Gasteiger partial charge is 0.118 e. The summed E-state index contributed by atoms with van der Waals surface area (Å²) in [7, 11) is 1.70. The van der Waals surface area contributed by atoms with E-state index in [9.17, 15) is 0 Å². The number of methoxy groups -OCH3 is 1. The van der Waals surface area contributed by atoms with Gasteiger partial charge in [0.1, 0.15) is 5.75 Å². The number of hydrogen-bond donors (Lipinski definition) is 2. The average molecular weight is 276 g/mol. The first-order valence-corrected chi connectivity index (χ1v) is 7.45. The Morgan fingerprint density at radius 2 is 1.65 bits per heavy atom. The molecule has 20 heavy (non-hydrogen) atoms. The molecule has 0 aliphatic carbocycles. The Morgan fingerprint density at radius 3 is 2.15 bits per heavy atom. The first-order valence-electron chi connectivity index (χ1n) is 7.45. The van der Waals surface area contributed by atoms with Gasteiger partial charge in [-0.2, -0.15) is 0 Å². The average Bonchev–Trinajstić information content (AvgIpc) is 2.33. The second kappa shape index (κ2) is 5.74. The van der Waals surface area contributed by atoms with E-state index in [0.717, 1.165) is 25.1 Å². The molecule has 0 aromatic heterocycles. The second-order valence-corrected chi connectivity index (χ2v) is 7.23. The van der Waals surface area contributed by atoms with Gasteiger partial charge in [0.25, 0.3) is 0 Å². The van der Waals surface area contributed by atoms with Crippen molar-refractivity contribution < 1.29 is 4.74 Å². The largest absolute Gasteiger partial charge is 0.497 e. The van der Waals surface area contributed by atoms with Gasteiger partial charge >= 0.3 is 0 Å². The van der Waals surface area contributed by atoms with Crippen LogP contribution < -0.4 is 15.4 Å². The zero-order chi connectivity index (χ0) is 14.8. The molecule has 1 aliphatic rings. The number of ether oxygens (including phenoxy) is 1. The molecule has 1 aromatic rings. The van der Waals surface area contributed by atoms with E-state index in [1.54, 1.807) is 7.11 Å². The molecular formula is C17H28N2O. The van der Waals surface area contributed by atoms with Crippen LogP contribution in [0.3, 0.4) is 0 Å². The van der Waals surface area contributed by atoms with Crippen molar-refractivity contribution in [2.24, 2.45) is 0 Å². The second-order valence-electron chi connectivity index (χ2n) is 7.23. The van der Waals surface area contributed by atoms with E-state index >= 15 is 0 Å². The third-order valence-electron chi connectivity index (χ3n) is 3.94. The molecule has 1 aliphatic heterocycles. The fourth-order valence-electron chi connectivity index (χ4n) is 3.47. The summed E-state index contributed by atoms with van der Waals surface area (Å²) >= 11 is 0. The Kier molecular flexibility index (Phi) is 4.40. The molecule has 2 rings (SSSR count). The summed E-state index contributed by atoms with van der Waals surface area (Å²) in [6.07, 6.45) is 2.32. The van der Waals surface area contributed by atoms with Crippen molar-refractivity contribution in [3.63, 3.8) is 0 Å². The monoisotopic (exact) mass is 276 g/mol. The highest BCUT2D eigenvalue weighted by Gasteiger charge is 2.37. The summed E-state index contributed by atoms with van der Waals surface area (Å²) < 4.78 is 5.19. The Morgan fingerprint density at radius 1 is 1.10 bits per heavy atom. The van der Waals surface area contributed by atoms with Crippen LogP contribution in [-0.2, 0) is 6.54 Å². The summed E-state index contributed by atoms with van der Waals surface area (Å²) in [5.41, 5.74) is 1.69. The normalized spacial score (nSPS) is 21.6. The van der Waals surface area contributed by atoms with E-state index in [0.29, 0.717) is 6.04 Å². The molecule has 0 amide bonds. The molecule has 1 fully saturated rings. The quantitative estimate of drug-likeness (QED) is 0.886. The molecule has 112 valence electrons. The third-order valence-corrected chi connectivity index (χ3v) is 3.94. The number of benzene rings is 1. The van der Waals surface area contributed by atoms with Crippen molar-refractivity contribution in [3.05, 3.63) is 29.8 Å². The highest BCUT2D eigenvalue weighted by Crippen LogP contribution is 2.28.